The number of ether oxygens (including phenoxy) is 1. The second kappa shape index (κ2) is 8.90. The first-order valence-electron chi connectivity index (χ1n) is 10.2. The minimum absolute atomic E-state index is 0.0246. The molecule has 0 radical (unpaired) electrons. The van der Waals surface area contributed by atoms with Crippen LogP contribution in [-0.2, 0) is 14.8 Å². The molecule has 1 aliphatic carbocycles. The highest BCUT2D eigenvalue weighted by Gasteiger charge is 2.49. The average Bonchev–Trinajstić information content (AvgIpc) is 3.08. The van der Waals surface area contributed by atoms with Gasteiger partial charge in [0, 0.05) is 18.3 Å². The SMILES string of the molecule is CC(C)Oc1ccc(NC(=O)[C@@H]2C[C@H]3CC[C@H]2N(S(=O)(=O)c2cc(Cl)sc2Cl)C3)cc1. The van der Waals surface area contributed by atoms with Gasteiger partial charge < -0.3 is 10.1 Å². The number of fused-ring (bicyclic) bond motifs is 3. The summed E-state index contributed by atoms with van der Waals surface area (Å²) in [5.74, 6) is 0.293. The Morgan fingerprint density at radius 2 is 1.94 bits per heavy atom. The van der Waals surface area contributed by atoms with Gasteiger partial charge in [-0.25, -0.2) is 8.42 Å². The van der Waals surface area contributed by atoms with Crippen LogP contribution in [0.3, 0.4) is 0 Å². The number of hydrogen-bond acceptors (Lipinski definition) is 5. The van der Waals surface area contributed by atoms with Crippen LogP contribution in [-0.4, -0.2) is 37.3 Å². The lowest BCUT2D eigenvalue weighted by Crippen LogP contribution is -2.57. The van der Waals surface area contributed by atoms with Crippen molar-refractivity contribution in [1.29, 1.82) is 0 Å². The summed E-state index contributed by atoms with van der Waals surface area (Å²) in [6.45, 7) is 4.30. The molecule has 2 aliphatic heterocycles. The van der Waals surface area contributed by atoms with E-state index in [0.717, 1.165) is 23.5 Å². The monoisotopic (exact) mass is 502 g/mol. The first kappa shape index (κ1) is 22.9. The van der Waals surface area contributed by atoms with Crippen molar-refractivity contribution in [2.75, 3.05) is 11.9 Å². The van der Waals surface area contributed by atoms with Crippen molar-refractivity contribution in [2.24, 2.45) is 11.8 Å². The summed E-state index contributed by atoms with van der Waals surface area (Å²) < 4.78 is 34.2. The third kappa shape index (κ3) is 4.73. The highest BCUT2D eigenvalue weighted by Crippen LogP contribution is 2.44. The molecule has 10 heteroatoms. The van der Waals surface area contributed by atoms with E-state index in [1.54, 1.807) is 12.1 Å². The van der Waals surface area contributed by atoms with E-state index in [9.17, 15) is 13.2 Å². The zero-order valence-corrected chi connectivity index (χ0v) is 20.3. The first-order valence-corrected chi connectivity index (χ1v) is 13.2. The zero-order chi connectivity index (χ0) is 22.3. The number of hydrogen-bond donors (Lipinski definition) is 1. The fourth-order valence-electron chi connectivity index (χ4n) is 4.45. The van der Waals surface area contributed by atoms with Gasteiger partial charge in [0.2, 0.25) is 15.9 Å². The molecular formula is C21H24Cl2N2O4S2. The van der Waals surface area contributed by atoms with Gasteiger partial charge in [-0.3, -0.25) is 4.79 Å². The Labute approximate surface area is 196 Å². The van der Waals surface area contributed by atoms with Crippen molar-refractivity contribution in [3.05, 3.63) is 39.0 Å². The summed E-state index contributed by atoms with van der Waals surface area (Å²) >= 11 is 13.1. The number of amides is 1. The number of nitrogens with zero attached hydrogens (tertiary/aromatic N) is 1. The predicted octanol–water partition coefficient (Wildman–Crippen LogP) is 5.27. The van der Waals surface area contributed by atoms with Gasteiger partial charge in [0.05, 0.1) is 16.4 Å². The maximum Gasteiger partial charge on any atom is 0.245 e. The Balaban J connectivity index is 1.52. The maximum atomic E-state index is 13.3. The molecule has 3 heterocycles. The molecule has 6 nitrogen and oxygen atoms in total. The topological polar surface area (TPSA) is 75.7 Å². The Kier molecular flexibility index (Phi) is 6.57. The summed E-state index contributed by atoms with van der Waals surface area (Å²) in [6.07, 6.45) is 2.31. The normalized spacial score (nSPS) is 23.8. The van der Waals surface area contributed by atoms with Crippen LogP contribution >= 0.6 is 34.5 Å². The number of anilines is 1. The van der Waals surface area contributed by atoms with Gasteiger partial charge in [-0.15, -0.1) is 11.3 Å². The van der Waals surface area contributed by atoms with Gasteiger partial charge >= 0.3 is 0 Å². The average molecular weight is 503 g/mol. The number of carbonyl (C=O) groups excluding carboxylic acids is 1. The molecule has 31 heavy (non-hydrogen) atoms. The van der Waals surface area contributed by atoms with Crippen LogP contribution in [0.2, 0.25) is 8.67 Å². The van der Waals surface area contributed by atoms with E-state index >= 15 is 0 Å². The highest BCUT2D eigenvalue weighted by atomic mass is 35.5. The van der Waals surface area contributed by atoms with Crippen LogP contribution in [0.25, 0.3) is 0 Å². The molecule has 2 saturated heterocycles. The molecule has 3 atom stereocenters. The van der Waals surface area contributed by atoms with E-state index in [-0.39, 0.29) is 27.2 Å². The quantitative estimate of drug-likeness (QED) is 0.583. The third-order valence-electron chi connectivity index (χ3n) is 5.77. The Hall–Kier alpha value is -1.32. The molecule has 1 aromatic heterocycles. The number of rotatable bonds is 6. The molecule has 3 fully saturated rings. The second-order valence-electron chi connectivity index (χ2n) is 8.30. The summed E-state index contributed by atoms with van der Waals surface area (Å²) in [5, 5.41) is 2.94. The number of nitrogens with one attached hydrogen (secondary N) is 1. The Morgan fingerprint density at radius 3 is 2.52 bits per heavy atom. The number of thiophene rings is 1. The molecule has 1 aromatic carbocycles. The lowest BCUT2D eigenvalue weighted by atomic mass is 9.73. The molecule has 1 amide bonds. The molecular weight excluding hydrogens is 479 g/mol. The van der Waals surface area contributed by atoms with Crippen LogP contribution in [0.15, 0.2) is 35.2 Å². The molecule has 2 aromatic rings. The lowest BCUT2D eigenvalue weighted by Gasteiger charge is -2.48. The van der Waals surface area contributed by atoms with E-state index in [0.29, 0.717) is 29.4 Å². The molecule has 3 aliphatic rings. The largest absolute Gasteiger partial charge is 0.491 e. The summed E-state index contributed by atoms with van der Waals surface area (Å²) in [4.78, 5) is 13.1. The van der Waals surface area contributed by atoms with Crippen molar-refractivity contribution in [1.82, 2.24) is 4.31 Å². The molecule has 5 rings (SSSR count). The van der Waals surface area contributed by atoms with E-state index in [2.05, 4.69) is 5.32 Å². The van der Waals surface area contributed by atoms with Crippen molar-refractivity contribution < 1.29 is 17.9 Å². The van der Waals surface area contributed by atoms with Crippen LogP contribution in [0.1, 0.15) is 33.1 Å². The van der Waals surface area contributed by atoms with Gasteiger partial charge in [-0.1, -0.05) is 23.2 Å². The van der Waals surface area contributed by atoms with E-state index in [1.165, 1.54) is 10.4 Å². The predicted molar refractivity (Wildman–Crippen MR) is 124 cm³/mol. The summed E-state index contributed by atoms with van der Waals surface area (Å²) in [6, 6.07) is 8.19. The van der Waals surface area contributed by atoms with E-state index < -0.39 is 22.0 Å². The molecule has 1 saturated carbocycles. The van der Waals surface area contributed by atoms with Gasteiger partial charge in [0.15, 0.2) is 0 Å². The van der Waals surface area contributed by atoms with Crippen molar-refractivity contribution in [2.45, 2.75) is 50.2 Å². The van der Waals surface area contributed by atoms with Crippen molar-refractivity contribution >= 4 is 56.2 Å². The van der Waals surface area contributed by atoms with Crippen LogP contribution in [0.5, 0.6) is 5.75 Å². The summed E-state index contributed by atoms with van der Waals surface area (Å²) in [7, 11) is -3.83. The smallest absolute Gasteiger partial charge is 0.245 e. The molecule has 0 spiro atoms. The Bertz CT molecular complexity index is 1070. The highest BCUT2D eigenvalue weighted by molar-refractivity contribution is 7.89. The first-order chi connectivity index (χ1) is 14.6. The fraction of sp³-hybridized carbons (Fsp3) is 0.476. The Morgan fingerprint density at radius 1 is 1.23 bits per heavy atom. The van der Waals surface area contributed by atoms with Gasteiger partial charge in [0.25, 0.3) is 0 Å². The van der Waals surface area contributed by atoms with Crippen LogP contribution in [0.4, 0.5) is 5.69 Å². The number of sulfonamides is 1. The lowest BCUT2D eigenvalue weighted by molar-refractivity contribution is -0.125. The maximum absolute atomic E-state index is 13.3. The van der Waals surface area contributed by atoms with Crippen LogP contribution < -0.4 is 10.1 Å². The minimum Gasteiger partial charge on any atom is -0.491 e. The molecule has 1 N–H and O–H groups in total. The molecule has 168 valence electrons. The van der Waals surface area contributed by atoms with E-state index in [4.69, 9.17) is 27.9 Å². The summed E-state index contributed by atoms with van der Waals surface area (Å²) in [5.41, 5.74) is 0.657. The number of carbonyl (C=O) groups is 1. The standard InChI is InChI=1S/C21H24Cl2N2O4S2/c1-12(2)29-15-6-4-14(5-7-15)24-21(26)16-9-13-3-8-17(16)25(11-13)31(27,28)18-10-19(22)30-20(18)23/h4-7,10,12-13,16-17H,3,8-9,11H2,1-2H3,(H,24,26)/t13-,16-,17-/m1/s1. The third-order valence-corrected chi connectivity index (χ3v) is 9.42. The molecule has 0 unspecified atom stereocenters. The number of benzene rings is 1. The number of halogens is 2. The minimum atomic E-state index is -3.83. The molecule has 2 bridgehead atoms. The zero-order valence-electron chi connectivity index (χ0n) is 17.2. The van der Waals surface area contributed by atoms with Crippen molar-refractivity contribution in [3.8, 4) is 5.75 Å². The van der Waals surface area contributed by atoms with Crippen LogP contribution in [0, 0.1) is 11.8 Å². The van der Waals surface area contributed by atoms with Gasteiger partial charge in [0.1, 0.15) is 15.0 Å². The van der Waals surface area contributed by atoms with Gasteiger partial charge in [-0.05, 0) is 69.4 Å². The number of piperidine rings is 2. The second-order valence-corrected chi connectivity index (χ2v) is 12.4. The van der Waals surface area contributed by atoms with Crippen molar-refractivity contribution in [3.63, 3.8) is 0 Å². The van der Waals surface area contributed by atoms with E-state index in [1.807, 2.05) is 26.0 Å². The van der Waals surface area contributed by atoms with Gasteiger partial charge in [-0.2, -0.15) is 4.31 Å². The fourth-order valence-corrected chi connectivity index (χ4v) is 8.33.